The number of carbonyl (C=O) groups is 2. The zero-order valence-corrected chi connectivity index (χ0v) is 10.1. The first-order valence-corrected chi connectivity index (χ1v) is 5.70. The van der Waals surface area contributed by atoms with Crippen molar-refractivity contribution in [1.82, 2.24) is 4.98 Å². The van der Waals surface area contributed by atoms with Crippen LogP contribution in [0.1, 0.15) is 0 Å². The summed E-state index contributed by atoms with van der Waals surface area (Å²) in [5.41, 5.74) is 6.46. The normalized spacial score (nSPS) is 13.3. The first kappa shape index (κ1) is 12.7. The predicted octanol–water partition coefficient (Wildman–Crippen LogP) is 2.07. The van der Waals surface area contributed by atoms with Gasteiger partial charge < -0.3 is 5.73 Å². The quantitative estimate of drug-likeness (QED) is 0.728. The molecule has 94 valence electrons. The Morgan fingerprint density at radius 3 is 2.00 bits per heavy atom. The number of carbonyl (C=O) groups excluding carboxylic acids is 2. The van der Waals surface area contributed by atoms with Gasteiger partial charge in [0.2, 0.25) is 0 Å². The number of ketones is 2. The fraction of sp³-hybridized carbons (Fsp3) is 0. The Hall–Kier alpha value is -2.75. The maximum absolute atomic E-state index is 10.3. The van der Waals surface area contributed by atoms with E-state index in [-0.39, 0.29) is 11.6 Å². The lowest BCUT2D eigenvalue weighted by molar-refractivity contribution is -0.113. The molecule has 4 heteroatoms. The lowest BCUT2D eigenvalue weighted by Crippen LogP contribution is -1.97. The zero-order valence-electron chi connectivity index (χ0n) is 10.1. The van der Waals surface area contributed by atoms with Gasteiger partial charge in [-0.15, -0.1) is 0 Å². The molecule has 0 radical (unpaired) electrons. The maximum Gasteiger partial charge on any atom is 0.178 e. The van der Waals surface area contributed by atoms with Gasteiger partial charge in [-0.25, -0.2) is 4.98 Å². The minimum Gasteiger partial charge on any atom is -0.384 e. The van der Waals surface area contributed by atoms with Crippen LogP contribution in [0.3, 0.4) is 0 Å². The van der Waals surface area contributed by atoms with Gasteiger partial charge in [-0.2, -0.15) is 0 Å². The molecule has 1 aliphatic rings. The van der Waals surface area contributed by atoms with E-state index in [1.165, 1.54) is 24.3 Å². The molecule has 3 rings (SSSR count). The number of para-hydroxylation sites is 1. The van der Waals surface area contributed by atoms with Gasteiger partial charge in [-0.3, -0.25) is 9.59 Å². The average molecular weight is 252 g/mol. The van der Waals surface area contributed by atoms with Crippen molar-refractivity contribution in [3.8, 4) is 0 Å². The third-order valence-electron chi connectivity index (χ3n) is 2.44. The number of nitrogen functional groups attached to an aromatic ring is 1. The molecule has 4 nitrogen and oxygen atoms in total. The van der Waals surface area contributed by atoms with E-state index in [0.717, 1.165) is 10.9 Å². The lowest BCUT2D eigenvalue weighted by Gasteiger charge is -1.95. The summed E-state index contributed by atoms with van der Waals surface area (Å²) in [6.07, 6.45) is 5.01. The monoisotopic (exact) mass is 252 g/mol. The van der Waals surface area contributed by atoms with Crippen LogP contribution in [0.25, 0.3) is 10.9 Å². The molecule has 0 spiro atoms. The van der Waals surface area contributed by atoms with E-state index < -0.39 is 0 Å². The summed E-state index contributed by atoms with van der Waals surface area (Å²) in [6.45, 7) is 0. The van der Waals surface area contributed by atoms with Crippen molar-refractivity contribution in [2.45, 2.75) is 0 Å². The number of hydrogen-bond donors (Lipinski definition) is 1. The summed E-state index contributed by atoms with van der Waals surface area (Å²) in [6, 6.07) is 11.7. The molecule has 0 saturated carbocycles. The molecule has 1 heterocycles. The first-order valence-electron chi connectivity index (χ1n) is 5.70. The van der Waals surface area contributed by atoms with E-state index in [9.17, 15) is 9.59 Å². The molecular formula is C15H12N2O2. The van der Waals surface area contributed by atoms with Crippen molar-refractivity contribution in [2.24, 2.45) is 0 Å². The number of allylic oxidation sites excluding steroid dienone is 4. The molecule has 0 aliphatic heterocycles. The second-order valence-corrected chi connectivity index (χ2v) is 3.90. The van der Waals surface area contributed by atoms with E-state index in [1.807, 2.05) is 36.4 Å². The standard InChI is InChI=1S/C9H8N2.C6H4O2/c10-9-6-5-7-3-1-2-4-8(7)11-9;7-5-1-2-6(8)4-3-5/h1-6H,(H2,10,11);1-4H. The molecule has 19 heavy (non-hydrogen) atoms. The van der Waals surface area contributed by atoms with Gasteiger partial charge >= 0.3 is 0 Å². The molecule has 0 saturated heterocycles. The van der Waals surface area contributed by atoms with Crippen molar-refractivity contribution in [2.75, 3.05) is 5.73 Å². The van der Waals surface area contributed by atoms with Crippen molar-refractivity contribution in [1.29, 1.82) is 0 Å². The number of nitrogens with two attached hydrogens (primary N) is 1. The number of hydrogen-bond acceptors (Lipinski definition) is 4. The summed E-state index contributed by atoms with van der Waals surface area (Å²) in [5, 5.41) is 1.13. The van der Waals surface area contributed by atoms with Gasteiger partial charge in [0.15, 0.2) is 11.6 Å². The summed E-state index contributed by atoms with van der Waals surface area (Å²) < 4.78 is 0. The molecule has 0 fully saturated rings. The number of pyridine rings is 1. The van der Waals surface area contributed by atoms with Crippen LogP contribution in [0.15, 0.2) is 60.7 Å². The second-order valence-electron chi connectivity index (χ2n) is 3.90. The van der Waals surface area contributed by atoms with E-state index in [1.54, 1.807) is 0 Å². The Morgan fingerprint density at radius 1 is 0.789 bits per heavy atom. The number of aromatic nitrogens is 1. The van der Waals surface area contributed by atoms with E-state index in [0.29, 0.717) is 5.82 Å². The Balaban J connectivity index is 0.000000148. The molecule has 1 aromatic heterocycles. The molecule has 0 atom stereocenters. The highest BCUT2D eigenvalue weighted by atomic mass is 16.1. The first-order chi connectivity index (χ1) is 9.15. The van der Waals surface area contributed by atoms with E-state index >= 15 is 0 Å². The fourth-order valence-electron chi connectivity index (χ4n) is 1.52. The molecule has 0 bridgehead atoms. The van der Waals surface area contributed by atoms with E-state index in [2.05, 4.69) is 4.98 Å². The van der Waals surface area contributed by atoms with Gasteiger partial charge in [0.25, 0.3) is 0 Å². The highest BCUT2D eigenvalue weighted by Crippen LogP contribution is 2.11. The molecule has 0 unspecified atom stereocenters. The number of benzene rings is 1. The predicted molar refractivity (Wildman–Crippen MR) is 74.4 cm³/mol. The van der Waals surface area contributed by atoms with Crippen molar-refractivity contribution >= 4 is 28.3 Å². The minimum atomic E-state index is -0.121. The van der Waals surface area contributed by atoms with Gasteiger partial charge in [0.1, 0.15) is 5.82 Å². The number of fused-ring (bicyclic) bond motifs is 1. The minimum absolute atomic E-state index is 0.121. The Morgan fingerprint density at radius 2 is 1.37 bits per heavy atom. The van der Waals surface area contributed by atoms with Gasteiger partial charge in [0.05, 0.1) is 5.52 Å². The lowest BCUT2D eigenvalue weighted by atomic mass is 10.2. The maximum atomic E-state index is 10.3. The van der Waals surface area contributed by atoms with Crippen molar-refractivity contribution in [3.05, 3.63) is 60.7 Å². The van der Waals surface area contributed by atoms with Crippen molar-refractivity contribution < 1.29 is 9.59 Å². The summed E-state index contributed by atoms with van der Waals surface area (Å²) in [7, 11) is 0. The van der Waals surface area contributed by atoms with Crippen LogP contribution in [0.2, 0.25) is 0 Å². The molecule has 1 aromatic carbocycles. The SMILES string of the molecule is Nc1ccc2ccccc2n1.O=C1C=CC(=O)C=C1. The highest BCUT2D eigenvalue weighted by molar-refractivity contribution is 6.14. The van der Waals surface area contributed by atoms with Crippen LogP contribution in [0, 0.1) is 0 Å². The molecule has 0 amide bonds. The van der Waals surface area contributed by atoms with Gasteiger partial charge in [0, 0.05) is 5.39 Å². The second kappa shape index (κ2) is 5.73. The van der Waals surface area contributed by atoms with Crippen LogP contribution < -0.4 is 5.73 Å². The summed E-state index contributed by atoms with van der Waals surface area (Å²) >= 11 is 0. The van der Waals surface area contributed by atoms with Crippen LogP contribution in [0.4, 0.5) is 5.82 Å². The summed E-state index contributed by atoms with van der Waals surface area (Å²) in [5.74, 6) is 0.331. The highest BCUT2D eigenvalue weighted by Gasteiger charge is 1.98. The average Bonchev–Trinajstić information content (AvgIpc) is 2.43. The number of nitrogens with zero attached hydrogens (tertiary/aromatic N) is 1. The molecule has 2 aromatic rings. The smallest absolute Gasteiger partial charge is 0.178 e. The molecule has 2 N–H and O–H groups in total. The third-order valence-corrected chi connectivity index (χ3v) is 2.44. The largest absolute Gasteiger partial charge is 0.384 e. The number of anilines is 1. The van der Waals surface area contributed by atoms with E-state index in [4.69, 9.17) is 5.73 Å². The Kier molecular flexibility index (Phi) is 3.83. The van der Waals surface area contributed by atoms with Gasteiger partial charge in [-0.1, -0.05) is 18.2 Å². The Bertz CT molecular complexity index is 649. The van der Waals surface area contributed by atoms with Crippen LogP contribution in [-0.2, 0) is 9.59 Å². The molecule has 1 aliphatic carbocycles. The fourth-order valence-corrected chi connectivity index (χ4v) is 1.52. The van der Waals surface area contributed by atoms with Crippen LogP contribution >= 0.6 is 0 Å². The third kappa shape index (κ3) is 3.61. The van der Waals surface area contributed by atoms with Crippen molar-refractivity contribution in [3.63, 3.8) is 0 Å². The molecular weight excluding hydrogens is 240 g/mol. The van der Waals surface area contributed by atoms with Gasteiger partial charge in [-0.05, 0) is 42.5 Å². The van der Waals surface area contributed by atoms with Crippen LogP contribution in [-0.4, -0.2) is 16.6 Å². The Labute approximate surface area is 110 Å². The zero-order chi connectivity index (χ0) is 13.7. The number of rotatable bonds is 0. The van der Waals surface area contributed by atoms with Crippen LogP contribution in [0.5, 0.6) is 0 Å². The summed E-state index contributed by atoms with van der Waals surface area (Å²) in [4.78, 5) is 24.7. The topological polar surface area (TPSA) is 73.0 Å².